The van der Waals surface area contributed by atoms with Crippen molar-refractivity contribution in [3.05, 3.63) is 117 Å². The van der Waals surface area contributed by atoms with Gasteiger partial charge in [-0.1, -0.05) is 47.0 Å². The van der Waals surface area contributed by atoms with E-state index in [1.807, 2.05) is 0 Å². The number of aromatic hydroxyl groups is 1. The Labute approximate surface area is 363 Å². The van der Waals surface area contributed by atoms with Crippen LogP contribution < -0.4 is 20.0 Å². The molecule has 3 saturated heterocycles. The van der Waals surface area contributed by atoms with Crippen LogP contribution in [0.25, 0.3) is 0 Å². The number of fused-ring (bicyclic) bond motifs is 4. The van der Waals surface area contributed by atoms with Crippen molar-refractivity contribution in [3.63, 3.8) is 0 Å². The predicted octanol–water partition coefficient (Wildman–Crippen LogP) is 8.04. The number of nitrogens with one attached hydrogen (secondary N) is 1. The molecule has 2 N–H and O–H groups in total. The van der Waals surface area contributed by atoms with Crippen LogP contribution in [0.2, 0.25) is 10.0 Å². The number of alkyl halides is 6. The molecule has 4 heterocycles. The highest BCUT2D eigenvalue weighted by atomic mass is 35.5. The van der Waals surface area contributed by atoms with Crippen LogP contribution >= 0.6 is 23.2 Å². The number of rotatable bonds is 7. The van der Waals surface area contributed by atoms with Crippen molar-refractivity contribution in [3.8, 4) is 11.5 Å². The summed E-state index contributed by atoms with van der Waals surface area (Å²) in [6.45, 7) is 2.35. The van der Waals surface area contributed by atoms with Crippen LogP contribution in [-0.2, 0) is 35.5 Å². The molecular formula is C43H33Cl2F6N5O7. The molecule has 2 aliphatic carbocycles. The Kier molecular flexibility index (Phi) is 10.4. The molecule has 0 radical (unpaired) electrons. The number of morpholine rings is 1. The van der Waals surface area contributed by atoms with E-state index < -0.39 is 99.1 Å². The van der Waals surface area contributed by atoms with Crippen molar-refractivity contribution in [2.24, 2.45) is 23.7 Å². The third kappa shape index (κ3) is 7.11. The average Bonchev–Trinajstić information content (AvgIpc) is 3.62. The number of hydrogen-bond donors (Lipinski definition) is 2. The van der Waals surface area contributed by atoms with E-state index in [4.69, 9.17) is 27.9 Å². The number of imide groups is 2. The van der Waals surface area contributed by atoms with Gasteiger partial charge in [0.15, 0.2) is 5.82 Å². The smallest absolute Gasteiger partial charge is 0.508 e. The number of hydrazine groups is 1. The number of benzene rings is 3. The number of amides is 4. The molecule has 328 valence electrons. The van der Waals surface area contributed by atoms with Gasteiger partial charge < -0.3 is 19.5 Å². The lowest BCUT2D eigenvalue weighted by Gasteiger charge is -2.50. The maximum Gasteiger partial charge on any atom is 0.573 e. The lowest BCUT2D eigenvalue weighted by Crippen LogP contribution is -2.53. The number of phenolic OH excluding ortho intramolecular Hbond substituents is 1. The molecule has 6 atom stereocenters. The Balaban J connectivity index is 1.19. The van der Waals surface area contributed by atoms with Crippen LogP contribution in [0, 0.1) is 23.7 Å². The first-order valence-corrected chi connectivity index (χ1v) is 20.4. The second kappa shape index (κ2) is 15.4. The van der Waals surface area contributed by atoms with E-state index in [2.05, 4.69) is 20.0 Å². The molecule has 1 saturated carbocycles. The van der Waals surface area contributed by atoms with Crippen molar-refractivity contribution in [1.82, 2.24) is 9.99 Å². The molecule has 4 fully saturated rings. The summed E-state index contributed by atoms with van der Waals surface area (Å²) in [4.78, 5) is 66.3. The third-order valence-corrected chi connectivity index (χ3v) is 13.1. The second-order valence-corrected chi connectivity index (χ2v) is 16.7. The van der Waals surface area contributed by atoms with Gasteiger partial charge in [-0.2, -0.15) is 18.2 Å². The number of halogens is 8. The van der Waals surface area contributed by atoms with Gasteiger partial charge in [0.1, 0.15) is 11.5 Å². The molecule has 6 unspecified atom stereocenters. The first kappa shape index (κ1) is 42.5. The van der Waals surface area contributed by atoms with Crippen LogP contribution in [0.15, 0.2) is 90.6 Å². The van der Waals surface area contributed by atoms with Gasteiger partial charge in [-0.15, -0.1) is 13.2 Å². The molecule has 9 rings (SSSR count). The van der Waals surface area contributed by atoms with Gasteiger partial charge in [-0.25, -0.2) is 4.98 Å². The number of carbonyl (C=O) groups is 4. The van der Waals surface area contributed by atoms with E-state index in [0.717, 1.165) is 28.8 Å². The molecule has 3 aromatic carbocycles. The average molecular weight is 917 g/mol. The lowest BCUT2D eigenvalue weighted by molar-refractivity contribution is -0.274. The number of pyridine rings is 1. The lowest BCUT2D eigenvalue weighted by atomic mass is 9.49. The Morgan fingerprint density at radius 2 is 1.52 bits per heavy atom. The van der Waals surface area contributed by atoms with E-state index in [-0.39, 0.29) is 34.6 Å². The van der Waals surface area contributed by atoms with Crippen LogP contribution in [0.3, 0.4) is 0 Å². The van der Waals surface area contributed by atoms with E-state index in [9.17, 15) is 45.8 Å². The molecule has 0 bridgehead atoms. The summed E-state index contributed by atoms with van der Waals surface area (Å²) in [6.07, 6.45) is -8.30. The highest BCUT2D eigenvalue weighted by molar-refractivity contribution is 6.33. The van der Waals surface area contributed by atoms with Crippen molar-refractivity contribution in [1.29, 1.82) is 0 Å². The van der Waals surface area contributed by atoms with Gasteiger partial charge in [-0.05, 0) is 85.0 Å². The van der Waals surface area contributed by atoms with Crippen LogP contribution in [-0.4, -0.2) is 71.4 Å². The van der Waals surface area contributed by atoms with E-state index >= 15 is 4.79 Å². The SMILES string of the molecule is O=C1C2CC3C(=CCC4C(=O)N(c5ccc(N6CCOCC6)cc5)C(=O)C43)C(c3cc(OC(F)(F)F)ccc3O)C2(c2ccc(Cl)cc2)C(=O)N1Nc1ncc(C(F)(F)F)cc1Cl. The number of aromatic nitrogens is 1. The Bertz CT molecular complexity index is 2570. The third-order valence-electron chi connectivity index (χ3n) is 12.6. The molecular weight excluding hydrogens is 883 g/mol. The molecule has 20 heteroatoms. The highest BCUT2D eigenvalue weighted by Crippen LogP contribution is 2.65. The molecule has 63 heavy (non-hydrogen) atoms. The fourth-order valence-electron chi connectivity index (χ4n) is 9.98. The van der Waals surface area contributed by atoms with Gasteiger partial charge in [0.2, 0.25) is 11.8 Å². The summed E-state index contributed by atoms with van der Waals surface area (Å²) in [5, 5.41) is 11.7. The number of ether oxygens (including phenoxy) is 2. The Morgan fingerprint density at radius 3 is 2.17 bits per heavy atom. The van der Waals surface area contributed by atoms with E-state index in [1.165, 1.54) is 24.3 Å². The van der Waals surface area contributed by atoms with E-state index in [1.54, 1.807) is 30.3 Å². The Hall–Kier alpha value is -5.85. The molecule has 4 amide bonds. The Morgan fingerprint density at radius 1 is 0.841 bits per heavy atom. The predicted molar refractivity (Wildman–Crippen MR) is 214 cm³/mol. The molecule has 5 aliphatic rings. The normalized spacial score (nSPS) is 26.1. The molecule has 3 aliphatic heterocycles. The summed E-state index contributed by atoms with van der Waals surface area (Å²) < 4.78 is 91.5. The monoisotopic (exact) mass is 915 g/mol. The van der Waals surface area contributed by atoms with Crippen molar-refractivity contribution >= 4 is 64.0 Å². The van der Waals surface area contributed by atoms with Crippen LogP contribution in [0.4, 0.5) is 43.5 Å². The topological polar surface area (TPSA) is 142 Å². The molecule has 12 nitrogen and oxygen atoms in total. The first-order valence-electron chi connectivity index (χ1n) is 19.6. The van der Waals surface area contributed by atoms with Gasteiger partial charge >= 0.3 is 12.5 Å². The standard InChI is InChI=1S/C43H33Cl2F6N5O7/c44-23-3-1-21(2-4-23)41-31(38(59)56(40(41)61)53-36-32(45)17-22(20-52-36)42(46,47)48)19-29-27(35(41)30-18-26(9-12-33(30)57)63-43(49,50)51)10-11-28-34(29)39(60)55(37(28)58)25-7-5-24(6-8-25)54-13-15-62-16-14-54/h1-10,12,17-18,20,28-29,31,34-35,57H,11,13-16,19H2,(H,52,53). The first-order chi connectivity index (χ1) is 29.9. The van der Waals surface area contributed by atoms with Gasteiger partial charge in [-0.3, -0.25) is 29.5 Å². The number of allylic oxidation sites excluding steroid dienone is 2. The summed E-state index contributed by atoms with van der Waals surface area (Å²) in [7, 11) is 0. The molecule has 0 spiro atoms. The minimum Gasteiger partial charge on any atom is -0.508 e. The fourth-order valence-corrected chi connectivity index (χ4v) is 10.3. The van der Waals surface area contributed by atoms with Gasteiger partial charge in [0, 0.05) is 41.5 Å². The maximum absolute atomic E-state index is 15.4. The van der Waals surface area contributed by atoms with Crippen molar-refractivity contribution in [2.45, 2.75) is 36.7 Å². The zero-order valence-corrected chi connectivity index (χ0v) is 33.9. The largest absolute Gasteiger partial charge is 0.573 e. The summed E-state index contributed by atoms with van der Waals surface area (Å²) in [5.41, 5.74) is 0.376. The highest BCUT2D eigenvalue weighted by Gasteiger charge is 2.71. The molecule has 1 aromatic heterocycles. The maximum atomic E-state index is 15.4. The number of hydrogen-bond acceptors (Lipinski definition) is 10. The summed E-state index contributed by atoms with van der Waals surface area (Å²) in [5.74, 6) is -11.1. The van der Waals surface area contributed by atoms with Crippen molar-refractivity contribution < 1.29 is 60.1 Å². The van der Waals surface area contributed by atoms with Crippen LogP contribution in [0.5, 0.6) is 11.5 Å². The zero-order chi connectivity index (χ0) is 44.7. The minimum absolute atomic E-state index is 0.0595. The number of anilines is 3. The number of phenols is 1. The molecule has 4 aromatic rings. The quantitative estimate of drug-likeness (QED) is 0.106. The summed E-state index contributed by atoms with van der Waals surface area (Å²) in [6, 6.07) is 15.8. The van der Waals surface area contributed by atoms with E-state index in [0.29, 0.717) is 49.3 Å². The zero-order valence-electron chi connectivity index (χ0n) is 32.4. The van der Waals surface area contributed by atoms with Crippen molar-refractivity contribution in [2.75, 3.05) is 41.5 Å². The van der Waals surface area contributed by atoms with Gasteiger partial charge in [0.25, 0.3) is 11.8 Å². The summed E-state index contributed by atoms with van der Waals surface area (Å²) >= 11 is 12.5. The fraction of sp³-hybridized carbons (Fsp3) is 0.326. The van der Waals surface area contributed by atoms with Gasteiger partial charge in [0.05, 0.1) is 52.7 Å². The minimum atomic E-state index is -5.19. The second-order valence-electron chi connectivity index (χ2n) is 15.8. The van der Waals surface area contributed by atoms with Crippen LogP contribution in [0.1, 0.15) is 35.4 Å². The number of nitrogens with zero attached hydrogens (tertiary/aromatic N) is 4. The number of carbonyl (C=O) groups excluding carboxylic acids is 4.